The first kappa shape index (κ1) is 12.8. The third-order valence-corrected chi connectivity index (χ3v) is 2.81. The molecule has 1 aromatic rings. The standard InChI is InChI=1S/C11H15Cl2NO/c1-3-15-11(7-14-2)8-4-5-9(12)10(13)6-8/h4-6,11,14H,3,7H2,1-2H3/t11-/m1/s1. The van der Waals surface area contributed by atoms with Crippen LogP contribution in [-0.2, 0) is 4.74 Å². The van der Waals surface area contributed by atoms with Crippen molar-refractivity contribution in [2.24, 2.45) is 0 Å². The zero-order chi connectivity index (χ0) is 11.3. The van der Waals surface area contributed by atoms with Crippen LogP contribution in [0.5, 0.6) is 0 Å². The lowest BCUT2D eigenvalue weighted by molar-refractivity contribution is 0.0638. The first-order valence-corrected chi connectivity index (χ1v) is 5.65. The Labute approximate surface area is 101 Å². The molecule has 0 spiro atoms. The normalized spacial score (nSPS) is 12.8. The van der Waals surface area contributed by atoms with Gasteiger partial charge >= 0.3 is 0 Å². The average molecular weight is 248 g/mol. The van der Waals surface area contributed by atoms with E-state index in [1.54, 1.807) is 6.07 Å². The number of nitrogens with one attached hydrogen (secondary N) is 1. The third-order valence-electron chi connectivity index (χ3n) is 2.07. The van der Waals surface area contributed by atoms with Gasteiger partial charge in [0.15, 0.2) is 0 Å². The molecule has 0 heterocycles. The van der Waals surface area contributed by atoms with E-state index in [4.69, 9.17) is 27.9 Å². The lowest BCUT2D eigenvalue weighted by Gasteiger charge is -2.17. The minimum atomic E-state index is 0.0229. The molecule has 0 bridgehead atoms. The van der Waals surface area contributed by atoms with Crippen molar-refractivity contribution in [3.8, 4) is 0 Å². The summed E-state index contributed by atoms with van der Waals surface area (Å²) in [4.78, 5) is 0. The van der Waals surface area contributed by atoms with Gasteiger partial charge in [-0.1, -0.05) is 29.3 Å². The molecule has 0 aromatic heterocycles. The number of hydrogen-bond donors (Lipinski definition) is 1. The fourth-order valence-corrected chi connectivity index (χ4v) is 1.68. The summed E-state index contributed by atoms with van der Waals surface area (Å²) in [5, 5.41) is 4.22. The Balaban J connectivity index is 2.85. The quantitative estimate of drug-likeness (QED) is 0.863. The molecule has 1 atom stereocenters. The molecule has 0 unspecified atom stereocenters. The fraction of sp³-hybridized carbons (Fsp3) is 0.455. The van der Waals surface area contributed by atoms with E-state index < -0.39 is 0 Å². The van der Waals surface area contributed by atoms with Gasteiger partial charge in [0.05, 0.1) is 16.1 Å². The van der Waals surface area contributed by atoms with Gasteiger partial charge in [-0.3, -0.25) is 0 Å². The number of hydrogen-bond acceptors (Lipinski definition) is 2. The van der Waals surface area contributed by atoms with Gasteiger partial charge in [0.2, 0.25) is 0 Å². The van der Waals surface area contributed by atoms with Crippen LogP contribution in [0.15, 0.2) is 18.2 Å². The summed E-state index contributed by atoms with van der Waals surface area (Å²) in [5.41, 5.74) is 1.04. The Kier molecular flexibility index (Phi) is 5.40. The van der Waals surface area contributed by atoms with E-state index in [2.05, 4.69) is 5.32 Å². The van der Waals surface area contributed by atoms with Crippen molar-refractivity contribution < 1.29 is 4.74 Å². The van der Waals surface area contributed by atoms with Crippen LogP contribution in [0.4, 0.5) is 0 Å². The van der Waals surface area contributed by atoms with Crippen molar-refractivity contribution >= 4 is 23.2 Å². The summed E-state index contributed by atoms with van der Waals surface area (Å²) in [6.45, 7) is 3.40. The highest BCUT2D eigenvalue weighted by molar-refractivity contribution is 6.42. The molecule has 0 saturated carbocycles. The highest BCUT2D eigenvalue weighted by Gasteiger charge is 2.11. The van der Waals surface area contributed by atoms with Crippen LogP contribution < -0.4 is 5.32 Å². The van der Waals surface area contributed by atoms with Crippen LogP contribution in [0.25, 0.3) is 0 Å². The second-order valence-electron chi connectivity index (χ2n) is 3.18. The van der Waals surface area contributed by atoms with Gasteiger partial charge in [-0.05, 0) is 31.7 Å². The second-order valence-corrected chi connectivity index (χ2v) is 3.99. The smallest absolute Gasteiger partial charge is 0.0949 e. The van der Waals surface area contributed by atoms with Gasteiger partial charge in [0, 0.05) is 13.2 Å². The molecule has 1 aromatic carbocycles. The lowest BCUT2D eigenvalue weighted by Crippen LogP contribution is -2.19. The molecule has 0 aliphatic carbocycles. The van der Waals surface area contributed by atoms with Gasteiger partial charge in [-0.2, -0.15) is 0 Å². The molecular formula is C11H15Cl2NO. The van der Waals surface area contributed by atoms with Crippen LogP contribution in [0.2, 0.25) is 10.0 Å². The summed E-state index contributed by atoms with van der Waals surface area (Å²) in [5.74, 6) is 0. The maximum Gasteiger partial charge on any atom is 0.0949 e. The second kappa shape index (κ2) is 6.33. The minimum Gasteiger partial charge on any atom is -0.372 e. The molecule has 2 nitrogen and oxygen atoms in total. The van der Waals surface area contributed by atoms with Crippen LogP contribution in [0.3, 0.4) is 0 Å². The van der Waals surface area contributed by atoms with E-state index in [9.17, 15) is 0 Å². The highest BCUT2D eigenvalue weighted by atomic mass is 35.5. The maximum atomic E-state index is 5.95. The summed E-state index contributed by atoms with van der Waals surface area (Å²) in [7, 11) is 1.89. The summed E-state index contributed by atoms with van der Waals surface area (Å²) in [6.07, 6.45) is 0.0229. The molecule has 0 fully saturated rings. The zero-order valence-electron chi connectivity index (χ0n) is 8.89. The van der Waals surface area contributed by atoms with Gasteiger partial charge in [0.1, 0.15) is 0 Å². The van der Waals surface area contributed by atoms with Crippen molar-refractivity contribution in [2.75, 3.05) is 20.2 Å². The van der Waals surface area contributed by atoms with E-state index in [1.165, 1.54) is 0 Å². The van der Waals surface area contributed by atoms with Crippen molar-refractivity contribution in [3.63, 3.8) is 0 Å². The van der Waals surface area contributed by atoms with Crippen molar-refractivity contribution in [1.82, 2.24) is 5.32 Å². The summed E-state index contributed by atoms with van der Waals surface area (Å²) < 4.78 is 5.60. The van der Waals surface area contributed by atoms with Crippen LogP contribution in [0, 0.1) is 0 Å². The fourth-order valence-electron chi connectivity index (χ4n) is 1.37. The Bertz CT molecular complexity index is 311. The van der Waals surface area contributed by atoms with Crippen LogP contribution in [0.1, 0.15) is 18.6 Å². The van der Waals surface area contributed by atoms with Gasteiger partial charge in [-0.15, -0.1) is 0 Å². The Morgan fingerprint density at radius 3 is 2.60 bits per heavy atom. The number of halogens is 2. The Morgan fingerprint density at radius 2 is 2.07 bits per heavy atom. The molecule has 15 heavy (non-hydrogen) atoms. The monoisotopic (exact) mass is 247 g/mol. The van der Waals surface area contributed by atoms with E-state index in [-0.39, 0.29) is 6.10 Å². The van der Waals surface area contributed by atoms with Gasteiger partial charge < -0.3 is 10.1 Å². The topological polar surface area (TPSA) is 21.3 Å². The van der Waals surface area contributed by atoms with E-state index in [0.29, 0.717) is 16.7 Å². The maximum absolute atomic E-state index is 5.95. The number of benzene rings is 1. The summed E-state index contributed by atoms with van der Waals surface area (Å²) in [6, 6.07) is 5.58. The molecule has 0 amide bonds. The van der Waals surface area contributed by atoms with Crippen LogP contribution >= 0.6 is 23.2 Å². The van der Waals surface area contributed by atoms with Crippen LogP contribution in [-0.4, -0.2) is 20.2 Å². The molecule has 1 rings (SSSR count). The van der Waals surface area contributed by atoms with Gasteiger partial charge in [-0.25, -0.2) is 0 Å². The Hall–Kier alpha value is -0.280. The van der Waals surface area contributed by atoms with E-state index in [0.717, 1.165) is 12.1 Å². The van der Waals surface area contributed by atoms with E-state index >= 15 is 0 Å². The number of likely N-dealkylation sites (N-methyl/N-ethyl adjacent to an activating group) is 1. The molecule has 0 radical (unpaired) electrons. The highest BCUT2D eigenvalue weighted by Crippen LogP contribution is 2.26. The first-order chi connectivity index (χ1) is 7.19. The first-order valence-electron chi connectivity index (χ1n) is 4.90. The minimum absolute atomic E-state index is 0.0229. The molecule has 4 heteroatoms. The molecule has 0 aliphatic rings. The predicted molar refractivity (Wildman–Crippen MR) is 64.8 cm³/mol. The summed E-state index contributed by atoms with van der Waals surface area (Å²) >= 11 is 11.8. The Morgan fingerprint density at radius 1 is 1.33 bits per heavy atom. The van der Waals surface area contributed by atoms with Crippen molar-refractivity contribution in [3.05, 3.63) is 33.8 Å². The zero-order valence-corrected chi connectivity index (χ0v) is 10.4. The molecule has 84 valence electrons. The molecule has 1 N–H and O–H groups in total. The SMILES string of the molecule is CCO[C@H](CNC)c1ccc(Cl)c(Cl)c1. The largest absolute Gasteiger partial charge is 0.372 e. The van der Waals surface area contributed by atoms with Crippen molar-refractivity contribution in [1.29, 1.82) is 0 Å². The lowest BCUT2D eigenvalue weighted by atomic mass is 10.1. The van der Waals surface area contributed by atoms with E-state index in [1.807, 2.05) is 26.1 Å². The average Bonchev–Trinajstić information content (AvgIpc) is 2.22. The van der Waals surface area contributed by atoms with Gasteiger partial charge in [0.25, 0.3) is 0 Å². The molecular weight excluding hydrogens is 233 g/mol. The molecule has 0 aliphatic heterocycles. The number of rotatable bonds is 5. The predicted octanol–water partition coefficient (Wildman–Crippen LogP) is 3.29. The molecule has 0 saturated heterocycles. The third kappa shape index (κ3) is 3.65. The van der Waals surface area contributed by atoms with Crippen molar-refractivity contribution in [2.45, 2.75) is 13.0 Å². The number of ether oxygens (including phenoxy) is 1.